The normalized spacial score (nSPS) is 10.5. The molecule has 0 aliphatic carbocycles. The number of carbonyl (C=O) groups excluding carboxylic acids is 1. The average Bonchev–Trinajstić information content (AvgIpc) is 2.64. The van der Waals surface area contributed by atoms with Gasteiger partial charge >= 0.3 is 0 Å². The van der Waals surface area contributed by atoms with Crippen LogP contribution in [0.3, 0.4) is 0 Å². The number of rotatable bonds is 4. The Hall–Kier alpha value is -2.03. The lowest BCUT2D eigenvalue weighted by atomic mass is 10.1. The van der Waals surface area contributed by atoms with Crippen LogP contribution < -0.4 is 4.74 Å². The molecule has 0 bridgehead atoms. The van der Waals surface area contributed by atoms with Crippen molar-refractivity contribution in [1.82, 2.24) is 4.57 Å². The molecule has 0 radical (unpaired) electrons. The van der Waals surface area contributed by atoms with E-state index in [4.69, 9.17) is 4.74 Å². The minimum Gasteiger partial charge on any atom is -0.497 e. The van der Waals surface area contributed by atoms with Gasteiger partial charge in [0.25, 0.3) is 0 Å². The van der Waals surface area contributed by atoms with E-state index < -0.39 is 0 Å². The lowest BCUT2D eigenvalue weighted by molar-refractivity contribution is -0.116. The van der Waals surface area contributed by atoms with Crippen LogP contribution >= 0.6 is 0 Å². The van der Waals surface area contributed by atoms with Crippen LogP contribution in [0.15, 0.2) is 30.3 Å². The molecule has 19 heavy (non-hydrogen) atoms. The van der Waals surface area contributed by atoms with Crippen molar-refractivity contribution < 1.29 is 9.53 Å². The third kappa shape index (κ3) is 2.70. The molecular formula is C16H19NO2. The summed E-state index contributed by atoms with van der Waals surface area (Å²) >= 11 is 0. The van der Waals surface area contributed by atoms with Gasteiger partial charge in [0.1, 0.15) is 11.5 Å². The number of hydrogen-bond acceptors (Lipinski definition) is 2. The molecule has 0 aliphatic rings. The van der Waals surface area contributed by atoms with Crippen molar-refractivity contribution in [3.63, 3.8) is 0 Å². The molecule has 0 aliphatic heterocycles. The molecule has 0 amide bonds. The molecular weight excluding hydrogens is 238 g/mol. The number of carbonyl (C=O) groups is 1. The van der Waals surface area contributed by atoms with E-state index >= 15 is 0 Å². The summed E-state index contributed by atoms with van der Waals surface area (Å²) in [6.07, 6.45) is 0.490. The first-order valence-electron chi connectivity index (χ1n) is 6.34. The fourth-order valence-corrected chi connectivity index (χ4v) is 2.42. The summed E-state index contributed by atoms with van der Waals surface area (Å²) in [5.41, 5.74) is 4.39. The Labute approximate surface area is 113 Å². The summed E-state index contributed by atoms with van der Waals surface area (Å²) in [6.45, 7) is 5.72. The Bertz CT molecular complexity index is 611. The number of ketones is 1. The molecule has 1 aromatic carbocycles. The van der Waals surface area contributed by atoms with Crippen LogP contribution in [0.5, 0.6) is 5.75 Å². The van der Waals surface area contributed by atoms with Gasteiger partial charge in [0.05, 0.1) is 7.11 Å². The Balaban J connectivity index is 2.49. The van der Waals surface area contributed by atoms with E-state index in [0.29, 0.717) is 6.42 Å². The summed E-state index contributed by atoms with van der Waals surface area (Å²) in [7, 11) is 1.66. The quantitative estimate of drug-likeness (QED) is 0.842. The molecule has 100 valence electrons. The van der Waals surface area contributed by atoms with Crippen molar-refractivity contribution >= 4 is 5.78 Å². The maximum atomic E-state index is 11.3. The first kappa shape index (κ1) is 13.4. The molecule has 0 atom stereocenters. The largest absolute Gasteiger partial charge is 0.497 e. The van der Waals surface area contributed by atoms with E-state index in [2.05, 4.69) is 17.6 Å². The van der Waals surface area contributed by atoms with Gasteiger partial charge in [0.15, 0.2) is 0 Å². The SMILES string of the molecule is COc1cccc(-n2c(C)cc(CC(C)=O)c2C)c1. The van der Waals surface area contributed by atoms with Crippen LogP contribution in [0.4, 0.5) is 0 Å². The van der Waals surface area contributed by atoms with Crippen molar-refractivity contribution in [2.45, 2.75) is 27.2 Å². The third-order valence-corrected chi connectivity index (χ3v) is 3.29. The van der Waals surface area contributed by atoms with Gasteiger partial charge in [-0.2, -0.15) is 0 Å². The van der Waals surface area contributed by atoms with Crippen LogP contribution in [-0.2, 0) is 11.2 Å². The van der Waals surface area contributed by atoms with Gasteiger partial charge in [-0.25, -0.2) is 0 Å². The van der Waals surface area contributed by atoms with Crippen LogP contribution in [-0.4, -0.2) is 17.5 Å². The smallest absolute Gasteiger partial charge is 0.134 e. The van der Waals surface area contributed by atoms with Gasteiger partial charge in [0.2, 0.25) is 0 Å². The number of nitrogens with zero attached hydrogens (tertiary/aromatic N) is 1. The molecule has 0 saturated carbocycles. The molecule has 0 unspecified atom stereocenters. The number of Topliss-reactive ketones (excluding diaryl/α,β-unsaturated/α-hetero) is 1. The number of benzene rings is 1. The predicted molar refractivity (Wildman–Crippen MR) is 76.2 cm³/mol. The zero-order chi connectivity index (χ0) is 14.0. The molecule has 1 heterocycles. The molecule has 0 N–H and O–H groups in total. The van der Waals surface area contributed by atoms with E-state index in [1.807, 2.05) is 31.2 Å². The molecule has 0 spiro atoms. The number of hydrogen-bond donors (Lipinski definition) is 0. The summed E-state index contributed by atoms with van der Waals surface area (Å²) < 4.78 is 7.41. The summed E-state index contributed by atoms with van der Waals surface area (Å²) in [6, 6.07) is 10.0. The number of aromatic nitrogens is 1. The summed E-state index contributed by atoms with van der Waals surface area (Å²) in [5.74, 6) is 1.02. The van der Waals surface area contributed by atoms with Crippen LogP contribution in [0.25, 0.3) is 5.69 Å². The van der Waals surface area contributed by atoms with E-state index in [0.717, 1.165) is 28.4 Å². The molecule has 0 fully saturated rings. The number of ether oxygens (including phenoxy) is 1. The Morgan fingerprint density at radius 1 is 1.26 bits per heavy atom. The summed E-state index contributed by atoms with van der Waals surface area (Å²) in [4.78, 5) is 11.3. The first-order valence-corrected chi connectivity index (χ1v) is 6.34. The van der Waals surface area contributed by atoms with E-state index in [1.165, 1.54) is 0 Å². The predicted octanol–water partition coefficient (Wildman–Crippen LogP) is 3.23. The van der Waals surface area contributed by atoms with Gasteiger partial charge in [-0.3, -0.25) is 4.79 Å². The maximum Gasteiger partial charge on any atom is 0.134 e. The monoisotopic (exact) mass is 257 g/mol. The third-order valence-electron chi connectivity index (χ3n) is 3.29. The maximum absolute atomic E-state index is 11.3. The zero-order valence-corrected chi connectivity index (χ0v) is 11.9. The zero-order valence-electron chi connectivity index (χ0n) is 11.9. The Morgan fingerprint density at radius 2 is 2.00 bits per heavy atom. The van der Waals surface area contributed by atoms with Gasteiger partial charge in [-0.15, -0.1) is 0 Å². The Morgan fingerprint density at radius 3 is 2.63 bits per heavy atom. The topological polar surface area (TPSA) is 31.2 Å². The van der Waals surface area contributed by atoms with Crippen LogP contribution in [0, 0.1) is 13.8 Å². The second-order valence-electron chi connectivity index (χ2n) is 4.81. The standard InChI is InChI=1S/C16H19NO2/c1-11-8-14(9-12(2)18)13(3)17(11)15-6-5-7-16(10-15)19-4/h5-8,10H,9H2,1-4H3. The van der Waals surface area contributed by atoms with Gasteiger partial charge in [0, 0.05) is 29.6 Å². The van der Waals surface area contributed by atoms with E-state index in [9.17, 15) is 4.79 Å². The molecule has 0 saturated heterocycles. The van der Waals surface area contributed by atoms with Gasteiger partial charge in [-0.1, -0.05) is 6.07 Å². The molecule has 3 heteroatoms. The van der Waals surface area contributed by atoms with Crippen molar-refractivity contribution in [1.29, 1.82) is 0 Å². The van der Waals surface area contributed by atoms with E-state index in [-0.39, 0.29) is 5.78 Å². The first-order chi connectivity index (χ1) is 9.02. The van der Waals surface area contributed by atoms with Gasteiger partial charge < -0.3 is 9.30 Å². The average molecular weight is 257 g/mol. The minimum absolute atomic E-state index is 0.186. The highest BCUT2D eigenvalue weighted by atomic mass is 16.5. The molecule has 3 nitrogen and oxygen atoms in total. The highest BCUT2D eigenvalue weighted by Gasteiger charge is 2.12. The molecule has 2 rings (SSSR count). The van der Waals surface area contributed by atoms with Gasteiger partial charge in [-0.05, 0) is 44.5 Å². The van der Waals surface area contributed by atoms with Crippen LogP contribution in [0.2, 0.25) is 0 Å². The van der Waals surface area contributed by atoms with Crippen molar-refractivity contribution in [3.8, 4) is 11.4 Å². The minimum atomic E-state index is 0.186. The second kappa shape index (κ2) is 5.31. The van der Waals surface area contributed by atoms with E-state index in [1.54, 1.807) is 14.0 Å². The number of aryl methyl sites for hydroxylation is 1. The highest BCUT2D eigenvalue weighted by Crippen LogP contribution is 2.24. The lowest BCUT2D eigenvalue weighted by Crippen LogP contribution is -2.02. The molecule has 2 aromatic rings. The summed E-state index contributed by atoms with van der Waals surface area (Å²) in [5, 5.41) is 0. The second-order valence-corrected chi connectivity index (χ2v) is 4.81. The highest BCUT2D eigenvalue weighted by molar-refractivity contribution is 5.78. The van der Waals surface area contributed by atoms with Crippen LogP contribution in [0.1, 0.15) is 23.9 Å². The fraction of sp³-hybridized carbons (Fsp3) is 0.312. The fourth-order valence-electron chi connectivity index (χ4n) is 2.42. The lowest BCUT2D eigenvalue weighted by Gasteiger charge is -2.11. The molecule has 1 aromatic heterocycles. The van der Waals surface area contributed by atoms with Crippen molar-refractivity contribution in [2.24, 2.45) is 0 Å². The van der Waals surface area contributed by atoms with Crippen molar-refractivity contribution in [3.05, 3.63) is 47.3 Å². The number of methoxy groups -OCH3 is 1. The van der Waals surface area contributed by atoms with Crippen molar-refractivity contribution in [2.75, 3.05) is 7.11 Å². The Kier molecular flexibility index (Phi) is 3.74.